The number of benzene rings is 1. The number of hydrogen-bond donors (Lipinski definition) is 3. The number of carbonyl (C=O) groups excluding carboxylic acids is 4. The van der Waals surface area contributed by atoms with Crippen molar-refractivity contribution in [2.24, 2.45) is 0 Å². The van der Waals surface area contributed by atoms with E-state index >= 15 is 0 Å². The molecule has 1 unspecified atom stereocenters. The van der Waals surface area contributed by atoms with Crippen molar-refractivity contribution in [3.8, 4) is 0 Å². The first-order valence-corrected chi connectivity index (χ1v) is 8.99. The van der Waals surface area contributed by atoms with Crippen LogP contribution in [0, 0.1) is 0 Å². The van der Waals surface area contributed by atoms with Crippen LogP contribution in [0.1, 0.15) is 30.7 Å². The Kier molecular flexibility index (Phi) is 8.23. The molecule has 0 radical (unpaired) electrons. The Morgan fingerprint density at radius 1 is 1.14 bits per heavy atom. The zero-order chi connectivity index (χ0) is 21.2. The molecule has 29 heavy (non-hydrogen) atoms. The van der Waals surface area contributed by atoms with Crippen molar-refractivity contribution in [3.05, 3.63) is 59.0 Å². The van der Waals surface area contributed by atoms with E-state index in [0.717, 1.165) is 0 Å². The van der Waals surface area contributed by atoms with Gasteiger partial charge in [0.15, 0.2) is 6.61 Å². The van der Waals surface area contributed by atoms with Gasteiger partial charge >= 0.3 is 12.0 Å². The molecule has 0 bridgehead atoms. The Labute approximate surface area is 171 Å². The SMILES string of the molecule is CC(=O)NC(CC(=O)OCC(=O)NC(=O)NCc1ccco1)c1ccc(Cl)cc1. The number of ether oxygens (including phenoxy) is 1. The van der Waals surface area contributed by atoms with E-state index in [1.165, 1.54) is 13.2 Å². The van der Waals surface area contributed by atoms with Crippen molar-refractivity contribution in [2.45, 2.75) is 25.9 Å². The second-order valence-corrected chi connectivity index (χ2v) is 6.42. The molecule has 2 rings (SSSR count). The number of amides is 4. The van der Waals surface area contributed by atoms with Crippen LogP contribution in [0.4, 0.5) is 4.79 Å². The molecule has 0 aliphatic heterocycles. The summed E-state index contributed by atoms with van der Waals surface area (Å²) in [7, 11) is 0. The summed E-state index contributed by atoms with van der Waals surface area (Å²) < 4.78 is 9.93. The number of furan rings is 1. The molecule has 0 saturated carbocycles. The van der Waals surface area contributed by atoms with Crippen molar-refractivity contribution >= 4 is 35.4 Å². The molecule has 1 atom stereocenters. The first-order chi connectivity index (χ1) is 13.8. The summed E-state index contributed by atoms with van der Waals surface area (Å²) in [6.45, 7) is 0.787. The highest BCUT2D eigenvalue weighted by molar-refractivity contribution is 6.30. The number of nitrogens with one attached hydrogen (secondary N) is 3. The van der Waals surface area contributed by atoms with E-state index in [-0.39, 0.29) is 18.9 Å². The maximum atomic E-state index is 12.1. The molecular weight excluding hydrogens is 402 g/mol. The molecule has 9 nitrogen and oxygen atoms in total. The van der Waals surface area contributed by atoms with Crippen LogP contribution in [-0.2, 0) is 25.7 Å². The number of halogens is 1. The molecule has 1 aromatic carbocycles. The predicted molar refractivity (Wildman–Crippen MR) is 103 cm³/mol. The van der Waals surface area contributed by atoms with E-state index in [4.69, 9.17) is 20.8 Å². The highest BCUT2D eigenvalue weighted by Gasteiger charge is 2.19. The summed E-state index contributed by atoms with van der Waals surface area (Å²) in [4.78, 5) is 46.8. The summed E-state index contributed by atoms with van der Waals surface area (Å²) in [6.07, 6.45) is 1.26. The monoisotopic (exact) mass is 421 g/mol. The lowest BCUT2D eigenvalue weighted by Crippen LogP contribution is -2.41. The maximum Gasteiger partial charge on any atom is 0.321 e. The fourth-order valence-electron chi connectivity index (χ4n) is 2.35. The van der Waals surface area contributed by atoms with Gasteiger partial charge in [-0.1, -0.05) is 23.7 Å². The lowest BCUT2D eigenvalue weighted by molar-refractivity contribution is -0.148. The molecule has 1 aromatic heterocycles. The van der Waals surface area contributed by atoms with E-state index in [1.54, 1.807) is 36.4 Å². The van der Waals surface area contributed by atoms with Gasteiger partial charge in [0, 0.05) is 11.9 Å². The van der Waals surface area contributed by atoms with Gasteiger partial charge in [-0.25, -0.2) is 4.79 Å². The molecule has 0 aliphatic carbocycles. The minimum atomic E-state index is -0.794. The summed E-state index contributed by atoms with van der Waals surface area (Å²) in [5, 5.41) is 7.60. The number of hydrogen-bond acceptors (Lipinski definition) is 6. The van der Waals surface area contributed by atoms with Gasteiger partial charge in [-0.15, -0.1) is 0 Å². The van der Waals surface area contributed by atoms with Crippen LogP contribution >= 0.6 is 11.6 Å². The van der Waals surface area contributed by atoms with E-state index in [2.05, 4.69) is 10.6 Å². The summed E-state index contributed by atoms with van der Waals surface area (Å²) in [5.41, 5.74) is 0.656. The zero-order valence-electron chi connectivity index (χ0n) is 15.6. The molecule has 154 valence electrons. The molecular formula is C19H20ClN3O6. The first-order valence-electron chi connectivity index (χ1n) is 8.61. The van der Waals surface area contributed by atoms with E-state index in [9.17, 15) is 19.2 Å². The van der Waals surface area contributed by atoms with Crippen molar-refractivity contribution in [3.63, 3.8) is 0 Å². The van der Waals surface area contributed by atoms with Gasteiger partial charge in [0.1, 0.15) is 5.76 Å². The molecule has 0 spiro atoms. The lowest BCUT2D eigenvalue weighted by Gasteiger charge is -2.17. The van der Waals surface area contributed by atoms with E-state index < -0.39 is 30.6 Å². The average molecular weight is 422 g/mol. The summed E-state index contributed by atoms with van der Waals surface area (Å²) in [5.74, 6) is -1.32. The van der Waals surface area contributed by atoms with Gasteiger partial charge in [-0.3, -0.25) is 19.7 Å². The Bertz CT molecular complexity index is 851. The van der Waals surface area contributed by atoms with Crippen LogP contribution in [0.3, 0.4) is 0 Å². The van der Waals surface area contributed by atoms with E-state index in [0.29, 0.717) is 16.3 Å². The minimum absolute atomic E-state index is 0.103. The van der Waals surface area contributed by atoms with Crippen LogP contribution in [0.15, 0.2) is 47.1 Å². The van der Waals surface area contributed by atoms with Crippen molar-refractivity contribution in [2.75, 3.05) is 6.61 Å². The zero-order valence-corrected chi connectivity index (χ0v) is 16.3. The molecule has 0 fully saturated rings. The minimum Gasteiger partial charge on any atom is -0.467 e. The molecule has 2 aromatic rings. The number of rotatable bonds is 8. The van der Waals surface area contributed by atoms with Crippen LogP contribution in [0.25, 0.3) is 0 Å². The molecule has 0 aliphatic rings. The third kappa shape index (κ3) is 8.06. The highest BCUT2D eigenvalue weighted by Crippen LogP contribution is 2.20. The standard InChI is InChI=1S/C19H20ClN3O6/c1-12(24)22-16(13-4-6-14(20)7-5-13)9-18(26)29-11-17(25)23-19(27)21-10-15-3-2-8-28-15/h2-8,16H,9-11H2,1H3,(H,22,24)(H2,21,23,25,27). The molecule has 1 heterocycles. The average Bonchev–Trinajstić information content (AvgIpc) is 3.18. The lowest BCUT2D eigenvalue weighted by atomic mass is 10.0. The quantitative estimate of drug-likeness (QED) is 0.560. The Morgan fingerprint density at radius 3 is 2.48 bits per heavy atom. The van der Waals surface area contributed by atoms with Crippen LogP contribution in [0.2, 0.25) is 5.02 Å². The van der Waals surface area contributed by atoms with Crippen molar-refractivity contribution in [1.82, 2.24) is 16.0 Å². The topological polar surface area (TPSA) is 127 Å². The largest absolute Gasteiger partial charge is 0.467 e. The van der Waals surface area contributed by atoms with Crippen molar-refractivity contribution in [1.29, 1.82) is 0 Å². The fourth-order valence-corrected chi connectivity index (χ4v) is 2.48. The van der Waals surface area contributed by atoms with Gasteiger partial charge in [0.05, 0.1) is 25.3 Å². The summed E-state index contributed by atoms with van der Waals surface area (Å²) in [6, 6.07) is 8.54. The van der Waals surface area contributed by atoms with Gasteiger partial charge < -0.3 is 19.8 Å². The van der Waals surface area contributed by atoms with E-state index in [1.807, 2.05) is 5.32 Å². The number of esters is 1. The maximum absolute atomic E-state index is 12.1. The van der Waals surface area contributed by atoms with Crippen molar-refractivity contribution < 1.29 is 28.3 Å². The second-order valence-electron chi connectivity index (χ2n) is 5.98. The number of urea groups is 1. The Balaban J connectivity index is 1.78. The number of imide groups is 1. The van der Waals surface area contributed by atoms with Gasteiger partial charge in [0.25, 0.3) is 5.91 Å². The number of carbonyl (C=O) groups is 4. The normalized spacial score (nSPS) is 11.2. The molecule has 0 saturated heterocycles. The smallest absolute Gasteiger partial charge is 0.321 e. The Hall–Kier alpha value is -3.33. The van der Waals surface area contributed by atoms with Crippen LogP contribution in [0.5, 0.6) is 0 Å². The van der Waals surface area contributed by atoms with Gasteiger partial charge in [-0.2, -0.15) is 0 Å². The Morgan fingerprint density at radius 2 is 1.86 bits per heavy atom. The summed E-state index contributed by atoms with van der Waals surface area (Å²) >= 11 is 5.84. The predicted octanol–water partition coefficient (Wildman–Crippen LogP) is 2.07. The first kappa shape index (κ1) is 22.0. The second kappa shape index (κ2) is 10.9. The molecule has 4 amide bonds. The molecule has 3 N–H and O–H groups in total. The molecule has 10 heteroatoms. The van der Waals surface area contributed by atoms with Gasteiger partial charge in [-0.05, 0) is 29.8 Å². The highest BCUT2D eigenvalue weighted by atomic mass is 35.5. The van der Waals surface area contributed by atoms with Gasteiger partial charge in [0.2, 0.25) is 5.91 Å². The van der Waals surface area contributed by atoms with Crippen LogP contribution in [-0.4, -0.2) is 30.4 Å². The third-order valence-electron chi connectivity index (χ3n) is 3.64. The third-order valence-corrected chi connectivity index (χ3v) is 3.89. The van der Waals surface area contributed by atoms with Crippen LogP contribution < -0.4 is 16.0 Å². The fraction of sp³-hybridized carbons (Fsp3) is 0.263.